The van der Waals surface area contributed by atoms with E-state index >= 15 is 0 Å². The summed E-state index contributed by atoms with van der Waals surface area (Å²) in [6, 6.07) is 22.8. The molecular weight excluding hydrogens is 430 g/mol. The first kappa shape index (κ1) is 22.5. The fourth-order valence-electron chi connectivity index (χ4n) is 4.60. The minimum atomic E-state index is 0.616. The van der Waals surface area contributed by atoms with Gasteiger partial charge in [0.15, 0.2) is 5.65 Å². The topological polar surface area (TPSA) is 67.4 Å². The van der Waals surface area contributed by atoms with Crippen LogP contribution in [0.2, 0.25) is 0 Å². The molecule has 0 atom stereocenters. The van der Waals surface area contributed by atoms with Crippen molar-refractivity contribution in [3.8, 4) is 28.5 Å². The van der Waals surface area contributed by atoms with E-state index in [1.165, 1.54) is 5.56 Å². The molecule has 0 fully saturated rings. The largest absolute Gasteiger partial charge is 0.308 e. The highest BCUT2D eigenvalue weighted by Crippen LogP contribution is 2.29. The maximum absolute atomic E-state index is 9.72. The van der Waals surface area contributed by atoms with E-state index in [0.717, 1.165) is 62.6 Å². The molecule has 5 nitrogen and oxygen atoms in total. The van der Waals surface area contributed by atoms with Crippen molar-refractivity contribution < 1.29 is 0 Å². The van der Waals surface area contributed by atoms with Crippen molar-refractivity contribution in [1.29, 1.82) is 5.26 Å². The van der Waals surface area contributed by atoms with Crippen LogP contribution in [0, 0.1) is 32.1 Å². The Bertz CT molecular complexity index is 1590. The van der Waals surface area contributed by atoms with E-state index in [0.29, 0.717) is 12.1 Å². The van der Waals surface area contributed by atoms with Crippen LogP contribution in [0.1, 0.15) is 40.7 Å². The lowest BCUT2D eigenvalue weighted by Gasteiger charge is -2.11. The Kier molecular flexibility index (Phi) is 5.88. The monoisotopic (exact) mass is 457 g/mol. The normalized spacial score (nSPS) is 11.1. The van der Waals surface area contributed by atoms with Crippen LogP contribution in [0.15, 0.2) is 66.9 Å². The number of pyridine rings is 2. The van der Waals surface area contributed by atoms with Crippen molar-refractivity contribution in [3.05, 3.63) is 101 Å². The van der Waals surface area contributed by atoms with Crippen molar-refractivity contribution in [2.45, 2.75) is 40.7 Å². The number of imidazole rings is 1. The lowest BCUT2D eigenvalue weighted by atomic mass is 9.96. The predicted molar refractivity (Wildman–Crippen MR) is 140 cm³/mol. The molecule has 3 aromatic heterocycles. The number of nitrogens with zero attached hydrogens (tertiary/aromatic N) is 5. The van der Waals surface area contributed by atoms with Gasteiger partial charge in [0.1, 0.15) is 11.3 Å². The van der Waals surface area contributed by atoms with Crippen molar-refractivity contribution in [3.63, 3.8) is 0 Å². The van der Waals surface area contributed by atoms with Gasteiger partial charge in [-0.1, -0.05) is 48.9 Å². The summed E-state index contributed by atoms with van der Waals surface area (Å²) in [6.45, 7) is 8.95. The van der Waals surface area contributed by atoms with Crippen molar-refractivity contribution >= 4 is 11.2 Å². The van der Waals surface area contributed by atoms with Gasteiger partial charge < -0.3 is 4.57 Å². The summed E-state index contributed by atoms with van der Waals surface area (Å²) < 4.78 is 2.19. The summed E-state index contributed by atoms with van der Waals surface area (Å²) in [5.41, 5.74) is 10.7. The molecule has 0 amide bonds. The summed E-state index contributed by atoms with van der Waals surface area (Å²) in [6.07, 6.45) is 2.72. The molecule has 3 heterocycles. The van der Waals surface area contributed by atoms with Crippen molar-refractivity contribution in [1.82, 2.24) is 19.5 Å². The number of rotatable bonds is 5. The zero-order valence-electron chi connectivity index (χ0n) is 20.5. The fourth-order valence-corrected chi connectivity index (χ4v) is 4.60. The first-order valence-corrected chi connectivity index (χ1v) is 11.9. The molecule has 0 saturated carbocycles. The number of fused-ring (bicyclic) bond motifs is 1. The quantitative estimate of drug-likeness (QED) is 0.299. The first-order chi connectivity index (χ1) is 17.0. The van der Waals surface area contributed by atoms with Gasteiger partial charge in [-0.05, 0) is 67.3 Å². The third-order valence-electron chi connectivity index (χ3n) is 6.35. The SMILES string of the molecule is CCc1nc2c(C)cc(C)nc2n1Cc1ccc(-c2cc(-c3cccc(C)c3)ccc2C#N)nc1. The van der Waals surface area contributed by atoms with Crippen LogP contribution < -0.4 is 0 Å². The van der Waals surface area contributed by atoms with Crippen LogP contribution in [-0.2, 0) is 13.0 Å². The molecule has 35 heavy (non-hydrogen) atoms. The van der Waals surface area contributed by atoms with Crippen LogP contribution in [0.5, 0.6) is 0 Å². The standard InChI is InChI=1S/C30H27N5/c1-5-28-34-29-20(3)14-21(4)33-30(29)35(28)18-22-9-12-27(32-17-22)26-15-24(10-11-25(26)16-31)23-8-6-7-19(2)13-23/h6-15,17H,5,18H2,1-4H3. The highest BCUT2D eigenvalue weighted by Gasteiger charge is 2.15. The second-order valence-electron chi connectivity index (χ2n) is 9.01. The number of benzene rings is 2. The number of aryl methyl sites for hydroxylation is 4. The summed E-state index contributed by atoms with van der Waals surface area (Å²) >= 11 is 0. The lowest BCUT2D eigenvalue weighted by Crippen LogP contribution is -2.06. The number of nitriles is 1. The van der Waals surface area contributed by atoms with E-state index in [1.54, 1.807) is 0 Å². The molecule has 0 radical (unpaired) electrons. The van der Waals surface area contributed by atoms with Gasteiger partial charge >= 0.3 is 0 Å². The van der Waals surface area contributed by atoms with Crippen molar-refractivity contribution in [2.24, 2.45) is 0 Å². The second kappa shape index (κ2) is 9.15. The van der Waals surface area contributed by atoms with Crippen molar-refractivity contribution in [2.75, 3.05) is 0 Å². The molecule has 5 aromatic rings. The summed E-state index contributed by atoms with van der Waals surface area (Å²) in [7, 11) is 0. The third-order valence-corrected chi connectivity index (χ3v) is 6.35. The van der Waals surface area contributed by atoms with Crippen LogP contribution in [0.25, 0.3) is 33.5 Å². The molecule has 0 spiro atoms. The second-order valence-corrected chi connectivity index (χ2v) is 9.01. The maximum Gasteiger partial charge on any atom is 0.160 e. The Morgan fingerprint density at radius 3 is 2.46 bits per heavy atom. The molecular formula is C30H27N5. The van der Waals surface area contributed by atoms with Gasteiger partial charge in [0.2, 0.25) is 0 Å². The minimum absolute atomic E-state index is 0.616. The van der Waals surface area contributed by atoms with E-state index < -0.39 is 0 Å². The number of hydrogen-bond donors (Lipinski definition) is 0. The summed E-state index contributed by atoms with van der Waals surface area (Å²) in [5.74, 6) is 1.02. The van der Waals surface area contributed by atoms with Crippen LogP contribution in [-0.4, -0.2) is 19.5 Å². The molecule has 5 rings (SSSR count). The Labute approximate surface area is 205 Å². The van der Waals surface area contributed by atoms with E-state index in [9.17, 15) is 5.26 Å². The molecule has 0 aliphatic heterocycles. The molecule has 0 N–H and O–H groups in total. The smallest absolute Gasteiger partial charge is 0.160 e. The molecule has 172 valence electrons. The van der Waals surface area contributed by atoms with Crippen LogP contribution >= 0.6 is 0 Å². The van der Waals surface area contributed by atoms with E-state index in [4.69, 9.17) is 15.0 Å². The van der Waals surface area contributed by atoms with Crippen LogP contribution in [0.3, 0.4) is 0 Å². The molecule has 0 aliphatic carbocycles. The molecule has 0 bridgehead atoms. The summed E-state index contributed by atoms with van der Waals surface area (Å²) in [5, 5.41) is 9.72. The Balaban J connectivity index is 1.51. The highest BCUT2D eigenvalue weighted by atomic mass is 15.1. The van der Waals surface area contributed by atoms with Gasteiger partial charge in [-0.3, -0.25) is 4.98 Å². The molecule has 2 aromatic carbocycles. The van der Waals surface area contributed by atoms with E-state index in [1.807, 2.05) is 31.3 Å². The Hall–Kier alpha value is -4.30. The number of aromatic nitrogens is 4. The van der Waals surface area contributed by atoms with Gasteiger partial charge in [0.05, 0.1) is 23.9 Å². The predicted octanol–water partition coefficient (Wildman–Crippen LogP) is 6.57. The highest BCUT2D eigenvalue weighted by molar-refractivity contribution is 5.77. The van der Waals surface area contributed by atoms with Gasteiger partial charge in [0, 0.05) is 23.9 Å². The first-order valence-electron chi connectivity index (χ1n) is 11.9. The summed E-state index contributed by atoms with van der Waals surface area (Å²) in [4.78, 5) is 14.4. The van der Waals surface area contributed by atoms with Gasteiger partial charge in [-0.15, -0.1) is 0 Å². The van der Waals surface area contributed by atoms with E-state index in [-0.39, 0.29) is 0 Å². The zero-order chi connectivity index (χ0) is 24.5. The number of hydrogen-bond acceptors (Lipinski definition) is 4. The maximum atomic E-state index is 9.72. The molecule has 0 aliphatic rings. The molecule has 0 unspecified atom stereocenters. The van der Waals surface area contributed by atoms with Gasteiger partial charge in [0.25, 0.3) is 0 Å². The zero-order valence-corrected chi connectivity index (χ0v) is 20.5. The van der Waals surface area contributed by atoms with Gasteiger partial charge in [-0.2, -0.15) is 5.26 Å². The van der Waals surface area contributed by atoms with E-state index in [2.05, 4.69) is 73.9 Å². The molecule has 5 heteroatoms. The average Bonchev–Trinajstić information content (AvgIpc) is 3.21. The Morgan fingerprint density at radius 2 is 1.74 bits per heavy atom. The minimum Gasteiger partial charge on any atom is -0.308 e. The Morgan fingerprint density at radius 1 is 0.914 bits per heavy atom. The van der Waals surface area contributed by atoms with Gasteiger partial charge in [-0.25, -0.2) is 9.97 Å². The van der Waals surface area contributed by atoms with Crippen LogP contribution in [0.4, 0.5) is 0 Å². The average molecular weight is 458 g/mol. The third kappa shape index (κ3) is 4.31. The molecule has 0 saturated heterocycles. The fraction of sp³-hybridized carbons (Fsp3) is 0.200. The lowest BCUT2D eigenvalue weighted by molar-refractivity contribution is 0.743.